The molecule has 0 atom stereocenters. The molecule has 0 aliphatic carbocycles. The first-order chi connectivity index (χ1) is 7.38. The molecule has 0 saturated heterocycles. The second-order valence-corrected chi connectivity index (χ2v) is 4.65. The molecule has 15 heavy (non-hydrogen) atoms. The van der Waals surface area contributed by atoms with Crippen molar-refractivity contribution in [1.29, 1.82) is 0 Å². The molecule has 2 nitrogen and oxygen atoms in total. The lowest BCUT2D eigenvalue weighted by molar-refractivity contribution is 0.301. The Balaban J connectivity index is 1.92. The molecule has 1 aromatic carbocycles. The van der Waals surface area contributed by atoms with E-state index < -0.39 is 0 Å². The Hall–Kier alpha value is -0.930. The van der Waals surface area contributed by atoms with Gasteiger partial charge in [0.25, 0.3) is 0 Å². The number of hydrogen-bond donors (Lipinski definition) is 1. The second kappa shape index (κ2) is 5.24. The zero-order valence-electron chi connectivity index (χ0n) is 8.60. The Kier molecular flexibility index (Phi) is 3.69. The third kappa shape index (κ3) is 3.01. The topological polar surface area (TPSA) is 23.5 Å². The van der Waals surface area contributed by atoms with Gasteiger partial charge in [-0.2, -0.15) is 0 Å². The number of aliphatic hydroxyl groups is 1. The number of thioether (sulfide) groups is 1. The van der Waals surface area contributed by atoms with Gasteiger partial charge in [0.05, 0.1) is 5.88 Å². The van der Waals surface area contributed by atoms with Crippen LogP contribution in [0, 0.1) is 0 Å². The van der Waals surface area contributed by atoms with E-state index in [1.807, 2.05) is 17.8 Å². The second-order valence-electron chi connectivity index (χ2n) is 3.57. The summed E-state index contributed by atoms with van der Waals surface area (Å²) < 4.78 is 0. The third-order valence-electron chi connectivity index (χ3n) is 2.33. The summed E-state index contributed by atoms with van der Waals surface area (Å²) in [6, 6.07) is 10.5. The molecule has 0 spiro atoms. The van der Waals surface area contributed by atoms with Crippen molar-refractivity contribution in [1.82, 2.24) is 4.90 Å². The molecule has 1 aliphatic rings. The van der Waals surface area contributed by atoms with Crippen molar-refractivity contribution in [2.24, 2.45) is 0 Å². The summed E-state index contributed by atoms with van der Waals surface area (Å²) in [6.07, 6.45) is 2.95. The standard InChI is InChI=1S/C12H15NOS/c14-7-6-12-9-13(10-15-12)8-11-4-2-1-3-5-11/h1-5,9,14H,6-8,10H2. The van der Waals surface area contributed by atoms with Crippen LogP contribution in [-0.4, -0.2) is 22.5 Å². The Labute approximate surface area is 94.6 Å². The van der Waals surface area contributed by atoms with E-state index in [9.17, 15) is 0 Å². The third-order valence-corrected chi connectivity index (χ3v) is 3.47. The first-order valence-electron chi connectivity index (χ1n) is 5.11. The fourth-order valence-corrected chi connectivity index (χ4v) is 2.56. The fraction of sp³-hybridized carbons (Fsp3) is 0.333. The Bertz CT molecular complexity index is 337. The normalized spacial score (nSPS) is 15.5. The summed E-state index contributed by atoms with van der Waals surface area (Å²) in [4.78, 5) is 3.57. The molecular weight excluding hydrogens is 206 g/mol. The van der Waals surface area contributed by atoms with Crippen LogP contribution in [0.25, 0.3) is 0 Å². The predicted octanol–water partition coefficient (Wildman–Crippen LogP) is 2.42. The van der Waals surface area contributed by atoms with E-state index >= 15 is 0 Å². The van der Waals surface area contributed by atoms with Gasteiger partial charge < -0.3 is 10.0 Å². The van der Waals surface area contributed by atoms with E-state index in [0.29, 0.717) is 0 Å². The molecule has 0 bridgehead atoms. The lowest BCUT2D eigenvalue weighted by atomic mass is 10.2. The highest BCUT2D eigenvalue weighted by molar-refractivity contribution is 8.03. The van der Waals surface area contributed by atoms with Crippen molar-refractivity contribution in [3.05, 3.63) is 47.0 Å². The van der Waals surface area contributed by atoms with Crippen molar-refractivity contribution in [2.75, 3.05) is 12.5 Å². The lowest BCUT2D eigenvalue weighted by Gasteiger charge is -2.13. The number of aliphatic hydroxyl groups excluding tert-OH is 1. The molecule has 0 fully saturated rings. The Morgan fingerprint density at radius 3 is 2.80 bits per heavy atom. The monoisotopic (exact) mass is 221 g/mol. The summed E-state index contributed by atoms with van der Waals surface area (Å²) >= 11 is 1.82. The smallest absolute Gasteiger partial charge is 0.0681 e. The van der Waals surface area contributed by atoms with E-state index in [2.05, 4.69) is 35.4 Å². The van der Waals surface area contributed by atoms with Crippen LogP contribution in [0.3, 0.4) is 0 Å². The van der Waals surface area contributed by atoms with Crippen molar-refractivity contribution in [2.45, 2.75) is 13.0 Å². The number of nitrogens with zero attached hydrogens (tertiary/aromatic N) is 1. The van der Waals surface area contributed by atoms with E-state index in [-0.39, 0.29) is 6.61 Å². The first-order valence-corrected chi connectivity index (χ1v) is 6.09. The van der Waals surface area contributed by atoms with Crippen molar-refractivity contribution < 1.29 is 5.11 Å². The van der Waals surface area contributed by atoms with E-state index in [0.717, 1.165) is 18.8 Å². The van der Waals surface area contributed by atoms with Crippen LogP contribution < -0.4 is 0 Å². The van der Waals surface area contributed by atoms with Crippen molar-refractivity contribution in [3.8, 4) is 0 Å². The number of rotatable bonds is 4. The van der Waals surface area contributed by atoms with Gasteiger partial charge in [0.1, 0.15) is 0 Å². The van der Waals surface area contributed by atoms with Gasteiger partial charge in [-0.05, 0) is 5.56 Å². The summed E-state index contributed by atoms with van der Waals surface area (Å²) in [5, 5.41) is 8.83. The molecule has 0 unspecified atom stereocenters. The van der Waals surface area contributed by atoms with E-state index in [1.165, 1.54) is 10.5 Å². The average molecular weight is 221 g/mol. The first kappa shape index (κ1) is 10.6. The molecule has 0 radical (unpaired) electrons. The largest absolute Gasteiger partial charge is 0.396 e. The minimum absolute atomic E-state index is 0.248. The molecule has 80 valence electrons. The quantitative estimate of drug-likeness (QED) is 0.844. The average Bonchev–Trinajstić information content (AvgIpc) is 2.68. The highest BCUT2D eigenvalue weighted by Gasteiger charge is 2.12. The summed E-state index contributed by atoms with van der Waals surface area (Å²) in [6.45, 7) is 1.21. The maximum absolute atomic E-state index is 8.83. The molecule has 0 amide bonds. The summed E-state index contributed by atoms with van der Waals surface area (Å²) in [7, 11) is 0. The van der Waals surface area contributed by atoms with Gasteiger partial charge in [-0.25, -0.2) is 0 Å². The molecule has 2 rings (SSSR count). The molecule has 1 heterocycles. The number of benzene rings is 1. The molecule has 1 aromatic rings. The van der Waals surface area contributed by atoms with Gasteiger partial charge in [0.15, 0.2) is 0 Å². The molecular formula is C12H15NOS. The van der Waals surface area contributed by atoms with Crippen LogP contribution in [0.1, 0.15) is 12.0 Å². The highest BCUT2D eigenvalue weighted by Crippen LogP contribution is 2.28. The number of hydrogen-bond acceptors (Lipinski definition) is 3. The van der Waals surface area contributed by atoms with Gasteiger partial charge >= 0.3 is 0 Å². The Morgan fingerprint density at radius 2 is 2.07 bits per heavy atom. The molecule has 0 aromatic heterocycles. The van der Waals surface area contributed by atoms with E-state index in [1.54, 1.807) is 0 Å². The molecule has 1 aliphatic heterocycles. The highest BCUT2D eigenvalue weighted by atomic mass is 32.2. The van der Waals surface area contributed by atoms with Crippen molar-refractivity contribution >= 4 is 11.8 Å². The maximum Gasteiger partial charge on any atom is 0.0681 e. The lowest BCUT2D eigenvalue weighted by Crippen LogP contribution is -2.12. The summed E-state index contributed by atoms with van der Waals surface area (Å²) in [5.41, 5.74) is 1.33. The van der Waals surface area contributed by atoms with Gasteiger partial charge in [-0.15, -0.1) is 11.8 Å². The molecule has 0 saturated carbocycles. The van der Waals surface area contributed by atoms with Gasteiger partial charge in [0.2, 0.25) is 0 Å². The van der Waals surface area contributed by atoms with Crippen LogP contribution >= 0.6 is 11.8 Å². The van der Waals surface area contributed by atoms with Crippen LogP contribution in [-0.2, 0) is 6.54 Å². The van der Waals surface area contributed by atoms with Crippen LogP contribution in [0.15, 0.2) is 41.4 Å². The van der Waals surface area contributed by atoms with Gasteiger partial charge in [0, 0.05) is 30.7 Å². The zero-order valence-corrected chi connectivity index (χ0v) is 9.41. The van der Waals surface area contributed by atoms with E-state index in [4.69, 9.17) is 5.11 Å². The minimum Gasteiger partial charge on any atom is -0.396 e. The maximum atomic E-state index is 8.83. The Morgan fingerprint density at radius 1 is 1.27 bits per heavy atom. The van der Waals surface area contributed by atoms with Crippen LogP contribution in [0.2, 0.25) is 0 Å². The van der Waals surface area contributed by atoms with Crippen molar-refractivity contribution in [3.63, 3.8) is 0 Å². The van der Waals surface area contributed by atoms with Gasteiger partial charge in [-0.1, -0.05) is 30.3 Å². The molecule has 1 N–H and O–H groups in total. The fourth-order valence-electron chi connectivity index (χ4n) is 1.60. The summed E-state index contributed by atoms with van der Waals surface area (Å²) in [5.74, 6) is 1.00. The molecule has 3 heteroatoms. The SMILES string of the molecule is OCCC1=CN(Cc2ccccc2)CS1. The van der Waals surface area contributed by atoms with Gasteiger partial charge in [-0.3, -0.25) is 0 Å². The minimum atomic E-state index is 0.248. The van der Waals surface area contributed by atoms with Crippen LogP contribution in [0.5, 0.6) is 0 Å². The zero-order chi connectivity index (χ0) is 10.5. The van der Waals surface area contributed by atoms with Crippen LogP contribution in [0.4, 0.5) is 0 Å². The predicted molar refractivity (Wildman–Crippen MR) is 64.2 cm³/mol.